The summed E-state index contributed by atoms with van der Waals surface area (Å²) >= 11 is 1.10. The monoisotopic (exact) mass is 460 g/mol. The average molecular weight is 461 g/mol. The van der Waals surface area contributed by atoms with Gasteiger partial charge in [-0.1, -0.05) is 23.9 Å². The number of nitrogens with zero attached hydrogens (tertiary/aromatic N) is 2. The molecule has 1 aliphatic rings. The number of fused-ring (bicyclic) bond motifs is 2. The van der Waals surface area contributed by atoms with Crippen LogP contribution >= 0.6 is 11.8 Å². The standard InChI is InChI=1S/C21H20N2O6S2/c1-2-31(26,27)23-10-9-14-11-15(7-8-17(14)23)18(24)12-28-20(25)13-30-21-22-16-5-3-4-6-19(16)29-21/h3-8,11H,2,9-10,12-13H2,1H3. The lowest BCUT2D eigenvalue weighted by molar-refractivity contribution is -0.139. The van der Waals surface area contributed by atoms with Crippen LogP contribution in [0.3, 0.4) is 0 Å². The number of aromatic nitrogens is 1. The van der Waals surface area contributed by atoms with Crippen LogP contribution in [0.25, 0.3) is 11.1 Å². The molecule has 0 atom stereocenters. The van der Waals surface area contributed by atoms with Crippen LogP contribution < -0.4 is 4.31 Å². The van der Waals surface area contributed by atoms with E-state index in [2.05, 4.69) is 4.98 Å². The highest BCUT2D eigenvalue weighted by atomic mass is 32.2. The normalized spacial score (nSPS) is 13.4. The molecule has 1 aromatic heterocycles. The summed E-state index contributed by atoms with van der Waals surface area (Å²) in [4.78, 5) is 28.7. The van der Waals surface area contributed by atoms with Gasteiger partial charge in [-0.05, 0) is 49.2 Å². The number of Topliss-reactive ketones (excluding diaryl/α,β-unsaturated/α-hetero) is 1. The van der Waals surface area contributed by atoms with Crippen molar-refractivity contribution in [1.82, 2.24) is 4.98 Å². The minimum atomic E-state index is -3.34. The smallest absolute Gasteiger partial charge is 0.316 e. The number of oxazole rings is 1. The third-order valence-electron chi connectivity index (χ3n) is 4.91. The molecule has 0 spiro atoms. The van der Waals surface area contributed by atoms with Crippen LogP contribution in [-0.4, -0.2) is 49.8 Å². The van der Waals surface area contributed by atoms with Crippen LogP contribution in [0.15, 0.2) is 52.1 Å². The summed E-state index contributed by atoms with van der Waals surface area (Å²) in [6.07, 6.45) is 0.538. The van der Waals surface area contributed by atoms with Gasteiger partial charge < -0.3 is 9.15 Å². The Labute approximate surface area is 183 Å². The average Bonchev–Trinajstić information content (AvgIpc) is 3.39. The summed E-state index contributed by atoms with van der Waals surface area (Å²) in [6, 6.07) is 12.1. The number of carbonyl (C=O) groups excluding carboxylic acids is 2. The Morgan fingerprint density at radius 3 is 2.81 bits per heavy atom. The fraction of sp³-hybridized carbons (Fsp3) is 0.286. The Balaban J connectivity index is 1.32. The predicted octanol–water partition coefficient (Wildman–Crippen LogP) is 3.06. The summed E-state index contributed by atoms with van der Waals surface area (Å²) in [5, 5.41) is 0.356. The van der Waals surface area contributed by atoms with E-state index in [-0.39, 0.29) is 23.9 Å². The van der Waals surface area contributed by atoms with E-state index >= 15 is 0 Å². The van der Waals surface area contributed by atoms with Crippen LogP contribution in [0.2, 0.25) is 0 Å². The molecule has 2 aromatic carbocycles. The Hall–Kier alpha value is -2.85. The van der Waals surface area contributed by atoms with Gasteiger partial charge in [0, 0.05) is 12.1 Å². The maximum atomic E-state index is 12.4. The first-order valence-corrected chi connectivity index (χ1v) is 12.3. The number of sulfonamides is 1. The zero-order valence-electron chi connectivity index (χ0n) is 16.7. The molecule has 0 fully saturated rings. The second-order valence-corrected chi connectivity index (χ2v) is 9.99. The Bertz CT molecular complexity index is 1220. The van der Waals surface area contributed by atoms with E-state index in [1.54, 1.807) is 31.2 Å². The Morgan fingerprint density at radius 2 is 2.03 bits per heavy atom. The van der Waals surface area contributed by atoms with E-state index in [0.29, 0.717) is 40.5 Å². The largest absolute Gasteiger partial charge is 0.457 e. The lowest BCUT2D eigenvalue weighted by atomic mass is 10.1. The van der Waals surface area contributed by atoms with Crippen molar-refractivity contribution in [3.05, 3.63) is 53.6 Å². The van der Waals surface area contributed by atoms with Crippen molar-refractivity contribution < 1.29 is 27.2 Å². The van der Waals surface area contributed by atoms with Gasteiger partial charge in [0.15, 0.2) is 18.0 Å². The van der Waals surface area contributed by atoms with E-state index in [1.165, 1.54) is 4.31 Å². The third kappa shape index (κ3) is 4.59. The fourth-order valence-corrected chi connectivity index (χ4v) is 5.09. The first-order valence-electron chi connectivity index (χ1n) is 9.68. The van der Waals surface area contributed by atoms with Crippen molar-refractivity contribution in [2.75, 3.05) is 29.0 Å². The van der Waals surface area contributed by atoms with Crippen molar-refractivity contribution in [2.24, 2.45) is 0 Å². The van der Waals surface area contributed by atoms with Gasteiger partial charge in [-0.25, -0.2) is 13.4 Å². The van der Waals surface area contributed by atoms with E-state index in [1.807, 2.05) is 18.2 Å². The molecule has 1 aliphatic heterocycles. The number of hydrogen-bond acceptors (Lipinski definition) is 8. The second-order valence-electron chi connectivity index (χ2n) is 6.89. The van der Waals surface area contributed by atoms with Crippen molar-refractivity contribution >= 4 is 50.3 Å². The zero-order valence-corrected chi connectivity index (χ0v) is 18.4. The summed E-state index contributed by atoms with van der Waals surface area (Å²) in [7, 11) is -3.34. The summed E-state index contributed by atoms with van der Waals surface area (Å²) in [5.41, 5.74) is 3.12. The van der Waals surface area contributed by atoms with Crippen molar-refractivity contribution in [3.8, 4) is 0 Å². The third-order valence-corrected chi connectivity index (χ3v) is 7.49. The quantitative estimate of drug-likeness (QED) is 0.287. The minimum absolute atomic E-state index is 0.0185. The molecule has 3 aromatic rings. The summed E-state index contributed by atoms with van der Waals surface area (Å²) < 4.78 is 36.3. The van der Waals surface area contributed by atoms with E-state index in [9.17, 15) is 18.0 Å². The number of carbonyl (C=O) groups is 2. The maximum absolute atomic E-state index is 12.4. The number of esters is 1. The van der Waals surface area contributed by atoms with Gasteiger partial charge in [-0.15, -0.1) is 0 Å². The van der Waals surface area contributed by atoms with Crippen LogP contribution in [0.5, 0.6) is 0 Å². The van der Waals surface area contributed by atoms with Gasteiger partial charge in [0.2, 0.25) is 10.0 Å². The molecule has 0 saturated carbocycles. The summed E-state index contributed by atoms with van der Waals surface area (Å²) in [6.45, 7) is 1.58. The van der Waals surface area contributed by atoms with Gasteiger partial charge in [-0.2, -0.15) is 0 Å². The van der Waals surface area contributed by atoms with Crippen molar-refractivity contribution in [3.63, 3.8) is 0 Å². The molecule has 31 heavy (non-hydrogen) atoms. The van der Waals surface area contributed by atoms with Crippen molar-refractivity contribution in [1.29, 1.82) is 0 Å². The second kappa shape index (κ2) is 8.72. The van der Waals surface area contributed by atoms with Crippen LogP contribution in [-0.2, 0) is 26.0 Å². The van der Waals surface area contributed by atoms with E-state index in [4.69, 9.17) is 9.15 Å². The molecule has 0 saturated heterocycles. The van der Waals surface area contributed by atoms with Crippen LogP contribution in [0.4, 0.5) is 5.69 Å². The first-order chi connectivity index (χ1) is 14.9. The minimum Gasteiger partial charge on any atom is -0.457 e. The lowest BCUT2D eigenvalue weighted by Crippen LogP contribution is -2.30. The maximum Gasteiger partial charge on any atom is 0.316 e. The molecule has 162 valence electrons. The molecule has 0 bridgehead atoms. The van der Waals surface area contributed by atoms with Gasteiger partial charge in [0.25, 0.3) is 5.22 Å². The molecule has 0 amide bonds. The number of hydrogen-bond donors (Lipinski definition) is 0. The van der Waals surface area contributed by atoms with Gasteiger partial charge in [-0.3, -0.25) is 13.9 Å². The number of anilines is 1. The molecule has 0 radical (unpaired) electrons. The molecule has 4 rings (SSSR count). The highest BCUT2D eigenvalue weighted by Gasteiger charge is 2.28. The van der Waals surface area contributed by atoms with Crippen LogP contribution in [0.1, 0.15) is 22.8 Å². The Kier molecular flexibility index (Phi) is 6.01. The molecule has 0 unspecified atom stereocenters. The number of thioether (sulfide) groups is 1. The van der Waals surface area contributed by atoms with Crippen molar-refractivity contribution in [2.45, 2.75) is 18.6 Å². The predicted molar refractivity (Wildman–Crippen MR) is 117 cm³/mol. The van der Waals surface area contributed by atoms with E-state index in [0.717, 1.165) is 17.3 Å². The molecular weight excluding hydrogens is 440 g/mol. The number of para-hydroxylation sites is 2. The number of ether oxygens (including phenoxy) is 1. The molecule has 10 heteroatoms. The number of rotatable bonds is 8. The first kappa shape index (κ1) is 21.4. The SMILES string of the molecule is CCS(=O)(=O)N1CCc2cc(C(=O)COC(=O)CSc3nc4ccccc4o3)ccc21. The lowest BCUT2D eigenvalue weighted by Gasteiger charge is -2.18. The fourth-order valence-electron chi connectivity index (χ4n) is 3.29. The number of benzene rings is 2. The van der Waals surface area contributed by atoms with Gasteiger partial charge >= 0.3 is 5.97 Å². The topological polar surface area (TPSA) is 107 Å². The molecule has 2 heterocycles. The molecule has 8 nitrogen and oxygen atoms in total. The van der Waals surface area contributed by atoms with E-state index < -0.39 is 16.0 Å². The summed E-state index contributed by atoms with van der Waals surface area (Å²) in [5.74, 6) is -0.916. The van der Waals surface area contributed by atoms with Crippen LogP contribution in [0, 0.1) is 0 Å². The van der Waals surface area contributed by atoms with Gasteiger partial charge in [0.1, 0.15) is 11.3 Å². The molecule has 0 N–H and O–H groups in total. The number of ketones is 1. The van der Waals surface area contributed by atoms with Gasteiger partial charge in [0.05, 0.1) is 11.4 Å². The zero-order chi connectivity index (χ0) is 22.0. The Morgan fingerprint density at radius 1 is 1.23 bits per heavy atom. The highest BCUT2D eigenvalue weighted by molar-refractivity contribution is 7.99. The molecular formula is C21H20N2O6S2. The molecule has 0 aliphatic carbocycles. The highest BCUT2D eigenvalue weighted by Crippen LogP contribution is 2.31.